The minimum atomic E-state index is -0.133. The van der Waals surface area contributed by atoms with Crippen LogP contribution in [0.15, 0.2) is 48.5 Å². The number of para-hydroxylation sites is 1. The lowest BCUT2D eigenvalue weighted by Crippen LogP contribution is -2.23. The van der Waals surface area contributed by atoms with Crippen LogP contribution in [0, 0.1) is 0 Å². The summed E-state index contributed by atoms with van der Waals surface area (Å²) in [7, 11) is 0. The number of hydrogen-bond acceptors (Lipinski definition) is 3. The van der Waals surface area contributed by atoms with Gasteiger partial charge in [0, 0.05) is 34.1 Å². The van der Waals surface area contributed by atoms with Crippen LogP contribution >= 0.6 is 11.6 Å². The molecule has 4 rings (SSSR count). The van der Waals surface area contributed by atoms with Crippen LogP contribution in [0.3, 0.4) is 0 Å². The zero-order chi connectivity index (χ0) is 18.1. The normalized spacial score (nSPS) is 16.1. The van der Waals surface area contributed by atoms with Gasteiger partial charge in [-0.2, -0.15) is 5.10 Å². The average Bonchev–Trinajstić information content (AvgIpc) is 3.06. The van der Waals surface area contributed by atoms with Gasteiger partial charge in [0.05, 0.1) is 12.3 Å². The van der Waals surface area contributed by atoms with Crippen LogP contribution in [0.4, 0.5) is 5.82 Å². The maximum Gasteiger partial charge on any atom is 0.226 e. The van der Waals surface area contributed by atoms with Crippen molar-refractivity contribution in [1.82, 2.24) is 10.2 Å². The molecule has 0 radical (unpaired) electrons. The molecular formula is C20H18ClN3O2. The third-order valence-electron chi connectivity index (χ3n) is 4.53. The predicted molar refractivity (Wildman–Crippen MR) is 102 cm³/mol. The Hall–Kier alpha value is -2.79. The fourth-order valence-electron chi connectivity index (χ4n) is 3.41. The van der Waals surface area contributed by atoms with Crippen LogP contribution in [0.1, 0.15) is 30.4 Å². The maximum absolute atomic E-state index is 12.2. The lowest BCUT2D eigenvalue weighted by atomic mass is 9.84. The Balaban J connectivity index is 1.86. The van der Waals surface area contributed by atoms with Gasteiger partial charge in [-0.1, -0.05) is 41.9 Å². The van der Waals surface area contributed by atoms with Crippen LogP contribution in [-0.2, 0) is 4.79 Å². The number of H-pyrrole nitrogens is 1. The number of amides is 1. The van der Waals surface area contributed by atoms with Gasteiger partial charge in [0.25, 0.3) is 0 Å². The van der Waals surface area contributed by atoms with E-state index in [0.29, 0.717) is 23.9 Å². The summed E-state index contributed by atoms with van der Waals surface area (Å²) in [6, 6.07) is 15.4. The molecule has 0 aliphatic carbocycles. The van der Waals surface area contributed by atoms with Crippen LogP contribution < -0.4 is 10.1 Å². The van der Waals surface area contributed by atoms with Crippen molar-refractivity contribution in [2.24, 2.45) is 0 Å². The second kappa shape index (κ2) is 6.84. The van der Waals surface area contributed by atoms with Crippen molar-refractivity contribution in [1.29, 1.82) is 0 Å². The molecule has 0 saturated heterocycles. The first-order valence-electron chi connectivity index (χ1n) is 8.53. The Kier molecular flexibility index (Phi) is 4.39. The molecular weight excluding hydrogens is 350 g/mol. The first-order valence-corrected chi connectivity index (χ1v) is 8.91. The summed E-state index contributed by atoms with van der Waals surface area (Å²) >= 11 is 6.02. The van der Waals surface area contributed by atoms with Crippen molar-refractivity contribution >= 4 is 23.3 Å². The minimum absolute atomic E-state index is 0.0528. The number of aromatic nitrogens is 2. The van der Waals surface area contributed by atoms with Gasteiger partial charge in [0.15, 0.2) is 5.82 Å². The molecule has 1 aromatic heterocycles. The van der Waals surface area contributed by atoms with E-state index in [9.17, 15) is 4.79 Å². The highest BCUT2D eigenvalue weighted by atomic mass is 35.5. The van der Waals surface area contributed by atoms with Crippen LogP contribution in [0.2, 0.25) is 5.02 Å². The number of rotatable bonds is 4. The summed E-state index contributed by atoms with van der Waals surface area (Å²) in [4.78, 5) is 12.2. The van der Waals surface area contributed by atoms with E-state index in [2.05, 4.69) is 15.5 Å². The zero-order valence-corrected chi connectivity index (χ0v) is 15.0. The zero-order valence-electron chi connectivity index (χ0n) is 14.3. The second-order valence-corrected chi connectivity index (χ2v) is 6.58. The smallest absolute Gasteiger partial charge is 0.226 e. The molecule has 2 N–H and O–H groups in total. The maximum atomic E-state index is 12.2. The molecule has 0 bridgehead atoms. The molecule has 1 atom stereocenters. The molecule has 2 heterocycles. The number of carbonyl (C=O) groups is 1. The lowest BCUT2D eigenvalue weighted by Gasteiger charge is -2.25. The monoisotopic (exact) mass is 367 g/mol. The third-order valence-corrected chi connectivity index (χ3v) is 4.78. The number of benzene rings is 2. The van der Waals surface area contributed by atoms with E-state index in [1.54, 1.807) is 0 Å². The van der Waals surface area contributed by atoms with Crippen molar-refractivity contribution < 1.29 is 9.53 Å². The molecule has 5 nitrogen and oxygen atoms in total. The molecule has 26 heavy (non-hydrogen) atoms. The number of halogens is 1. The van der Waals surface area contributed by atoms with Crippen molar-refractivity contribution in [3.05, 3.63) is 64.7 Å². The number of nitrogens with zero attached hydrogens (tertiary/aromatic N) is 1. The van der Waals surface area contributed by atoms with E-state index in [1.165, 1.54) is 0 Å². The second-order valence-electron chi connectivity index (χ2n) is 6.14. The molecule has 2 aromatic carbocycles. The first kappa shape index (κ1) is 16.7. The van der Waals surface area contributed by atoms with E-state index < -0.39 is 0 Å². The summed E-state index contributed by atoms with van der Waals surface area (Å²) in [5.74, 6) is 1.18. The fraction of sp³-hybridized carbons (Fsp3) is 0.200. The van der Waals surface area contributed by atoms with Gasteiger partial charge in [-0.15, -0.1) is 0 Å². The Bertz CT molecular complexity index is 950. The van der Waals surface area contributed by atoms with Gasteiger partial charge in [-0.3, -0.25) is 9.89 Å². The number of aromatic amines is 1. The third kappa shape index (κ3) is 2.95. The van der Waals surface area contributed by atoms with Crippen LogP contribution in [0.25, 0.3) is 11.3 Å². The molecule has 6 heteroatoms. The van der Waals surface area contributed by atoms with Gasteiger partial charge in [-0.05, 0) is 25.1 Å². The Morgan fingerprint density at radius 3 is 2.73 bits per heavy atom. The largest absolute Gasteiger partial charge is 0.494 e. The fourth-order valence-corrected chi connectivity index (χ4v) is 3.54. The van der Waals surface area contributed by atoms with Gasteiger partial charge < -0.3 is 10.1 Å². The molecule has 1 aliphatic heterocycles. The van der Waals surface area contributed by atoms with Gasteiger partial charge >= 0.3 is 0 Å². The number of hydrogen-bond donors (Lipinski definition) is 2. The van der Waals surface area contributed by atoms with Crippen molar-refractivity contribution in [2.75, 3.05) is 11.9 Å². The SMILES string of the molecule is CCOc1ccccc1[C@H]1CC(=O)Nc2n[nH]c(-c3ccc(Cl)cc3)c21. The molecule has 1 amide bonds. The highest BCUT2D eigenvalue weighted by molar-refractivity contribution is 6.30. The van der Waals surface area contributed by atoms with Gasteiger partial charge in [-0.25, -0.2) is 0 Å². The van der Waals surface area contributed by atoms with E-state index in [0.717, 1.165) is 28.1 Å². The highest BCUT2D eigenvalue weighted by Gasteiger charge is 2.33. The highest BCUT2D eigenvalue weighted by Crippen LogP contribution is 2.44. The van der Waals surface area contributed by atoms with E-state index in [4.69, 9.17) is 16.3 Å². The summed E-state index contributed by atoms with van der Waals surface area (Å²) in [6.45, 7) is 2.52. The van der Waals surface area contributed by atoms with E-state index >= 15 is 0 Å². The summed E-state index contributed by atoms with van der Waals surface area (Å²) in [5, 5.41) is 10.9. The first-order chi connectivity index (χ1) is 12.7. The van der Waals surface area contributed by atoms with Crippen LogP contribution in [0.5, 0.6) is 5.75 Å². The van der Waals surface area contributed by atoms with E-state index in [-0.39, 0.29) is 11.8 Å². The number of ether oxygens (including phenoxy) is 1. The average molecular weight is 368 g/mol. The number of anilines is 1. The molecule has 0 saturated carbocycles. The molecule has 0 unspecified atom stereocenters. The topological polar surface area (TPSA) is 67.0 Å². The van der Waals surface area contributed by atoms with Gasteiger partial charge in [0.1, 0.15) is 5.75 Å². The number of carbonyl (C=O) groups excluding carboxylic acids is 1. The van der Waals surface area contributed by atoms with Crippen molar-refractivity contribution in [2.45, 2.75) is 19.3 Å². The van der Waals surface area contributed by atoms with E-state index in [1.807, 2.05) is 55.5 Å². The Morgan fingerprint density at radius 1 is 1.19 bits per heavy atom. The molecule has 0 spiro atoms. The predicted octanol–water partition coefficient (Wildman–Crippen LogP) is 4.60. The molecule has 132 valence electrons. The number of fused-ring (bicyclic) bond motifs is 1. The standard InChI is InChI=1S/C20H18ClN3O2/c1-2-26-16-6-4-3-5-14(16)15-11-17(25)22-20-18(15)19(23-24-20)12-7-9-13(21)10-8-12/h3-10,15H,2,11H2,1H3,(H2,22,23,24,25)/t15-/m1/s1. The Morgan fingerprint density at radius 2 is 1.96 bits per heavy atom. The lowest BCUT2D eigenvalue weighted by molar-refractivity contribution is -0.116. The molecule has 0 fully saturated rings. The van der Waals surface area contributed by atoms with Crippen molar-refractivity contribution in [3.63, 3.8) is 0 Å². The van der Waals surface area contributed by atoms with Crippen LogP contribution in [-0.4, -0.2) is 22.7 Å². The summed E-state index contributed by atoms with van der Waals surface area (Å²) in [6.07, 6.45) is 0.344. The summed E-state index contributed by atoms with van der Waals surface area (Å²) < 4.78 is 5.80. The Labute approximate surface area is 156 Å². The molecule has 1 aliphatic rings. The summed E-state index contributed by atoms with van der Waals surface area (Å²) in [5.41, 5.74) is 3.81. The minimum Gasteiger partial charge on any atom is -0.494 e. The van der Waals surface area contributed by atoms with Gasteiger partial charge in [0.2, 0.25) is 5.91 Å². The quantitative estimate of drug-likeness (QED) is 0.708. The molecule has 3 aromatic rings. The van der Waals surface area contributed by atoms with Crippen molar-refractivity contribution in [3.8, 4) is 17.0 Å². The number of nitrogens with one attached hydrogen (secondary N) is 2.